The van der Waals surface area contributed by atoms with Crippen molar-refractivity contribution >= 4 is 11.0 Å². The Balaban J connectivity index is 2.10. The molecule has 4 rings (SSSR count). The molecular formula is C22H28O4. The number of aryl methyl sites for hydroxylation is 1. The van der Waals surface area contributed by atoms with Gasteiger partial charge in [-0.25, -0.2) is 4.79 Å². The van der Waals surface area contributed by atoms with E-state index in [-0.39, 0.29) is 17.3 Å². The molecule has 0 spiro atoms. The predicted molar refractivity (Wildman–Crippen MR) is 102 cm³/mol. The Morgan fingerprint density at radius 1 is 1.19 bits per heavy atom. The third kappa shape index (κ3) is 2.70. The maximum Gasteiger partial charge on any atom is 0.336 e. The molecule has 3 heterocycles. The Kier molecular flexibility index (Phi) is 4.05. The fourth-order valence-electron chi connectivity index (χ4n) is 4.22. The summed E-state index contributed by atoms with van der Waals surface area (Å²) in [7, 11) is 0. The van der Waals surface area contributed by atoms with Crippen LogP contribution in [0.2, 0.25) is 0 Å². The van der Waals surface area contributed by atoms with Gasteiger partial charge in [-0.15, -0.1) is 0 Å². The first-order valence-corrected chi connectivity index (χ1v) is 9.81. The van der Waals surface area contributed by atoms with Crippen LogP contribution in [0.5, 0.6) is 11.5 Å². The summed E-state index contributed by atoms with van der Waals surface area (Å²) in [4.78, 5) is 12.3. The van der Waals surface area contributed by atoms with Crippen LogP contribution >= 0.6 is 0 Å². The van der Waals surface area contributed by atoms with Crippen molar-refractivity contribution in [2.75, 3.05) is 0 Å². The molecule has 0 saturated heterocycles. The largest absolute Gasteiger partial charge is 0.490 e. The average molecular weight is 356 g/mol. The monoisotopic (exact) mass is 356 g/mol. The number of hydrogen-bond acceptors (Lipinski definition) is 4. The van der Waals surface area contributed by atoms with Gasteiger partial charge in [0.05, 0.1) is 11.5 Å². The Bertz CT molecular complexity index is 922. The molecule has 4 heteroatoms. The van der Waals surface area contributed by atoms with Gasteiger partial charge in [-0.3, -0.25) is 0 Å². The smallest absolute Gasteiger partial charge is 0.336 e. The van der Waals surface area contributed by atoms with Crippen LogP contribution in [-0.2, 0) is 19.3 Å². The molecule has 140 valence electrons. The SMILES string of the molecule is CCCc1cc(=O)oc2c3c(c4c(c12)OC(C)(C)CC4)O[C@@H](C)C(C)C3. The summed E-state index contributed by atoms with van der Waals surface area (Å²) in [5.41, 5.74) is 3.37. The zero-order valence-corrected chi connectivity index (χ0v) is 16.4. The van der Waals surface area contributed by atoms with Crippen LogP contribution in [0.15, 0.2) is 15.3 Å². The topological polar surface area (TPSA) is 48.7 Å². The molecule has 1 aromatic carbocycles. The molecule has 1 unspecified atom stereocenters. The lowest BCUT2D eigenvalue weighted by Crippen LogP contribution is -2.35. The molecular weight excluding hydrogens is 328 g/mol. The van der Waals surface area contributed by atoms with E-state index in [9.17, 15) is 4.79 Å². The molecule has 1 aromatic heterocycles. The van der Waals surface area contributed by atoms with Crippen LogP contribution < -0.4 is 15.1 Å². The Morgan fingerprint density at radius 3 is 2.69 bits per heavy atom. The van der Waals surface area contributed by atoms with Gasteiger partial charge in [-0.1, -0.05) is 20.3 Å². The van der Waals surface area contributed by atoms with Gasteiger partial charge in [-0.05, 0) is 57.9 Å². The van der Waals surface area contributed by atoms with Crippen molar-refractivity contribution in [3.63, 3.8) is 0 Å². The molecule has 2 aliphatic heterocycles. The lowest BCUT2D eigenvalue weighted by Gasteiger charge is -2.38. The van der Waals surface area contributed by atoms with Crippen molar-refractivity contribution in [3.8, 4) is 11.5 Å². The number of ether oxygens (including phenoxy) is 2. The van der Waals surface area contributed by atoms with Crippen molar-refractivity contribution in [3.05, 3.63) is 33.2 Å². The van der Waals surface area contributed by atoms with Crippen LogP contribution in [0.3, 0.4) is 0 Å². The molecule has 0 N–H and O–H groups in total. The maximum absolute atomic E-state index is 12.3. The zero-order chi connectivity index (χ0) is 18.6. The summed E-state index contributed by atoms with van der Waals surface area (Å²) in [6.45, 7) is 10.7. The molecule has 2 aromatic rings. The molecule has 2 aliphatic rings. The fourth-order valence-corrected chi connectivity index (χ4v) is 4.22. The van der Waals surface area contributed by atoms with Crippen LogP contribution in [0.25, 0.3) is 11.0 Å². The van der Waals surface area contributed by atoms with E-state index in [1.165, 1.54) is 0 Å². The minimum atomic E-state index is -0.288. The van der Waals surface area contributed by atoms with E-state index in [1.54, 1.807) is 6.07 Å². The summed E-state index contributed by atoms with van der Waals surface area (Å²) in [5, 5.41) is 0.985. The molecule has 0 radical (unpaired) electrons. The van der Waals surface area contributed by atoms with Crippen LogP contribution in [-0.4, -0.2) is 11.7 Å². The molecule has 2 atom stereocenters. The maximum atomic E-state index is 12.3. The fraction of sp³-hybridized carbons (Fsp3) is 0.591. The van der Waals surface area contributed by atoms with E-state index in [0.29, 0.717) is 11.5 Å². The zero-order valence-electron chi connectivity index (χ0n) is 16.4. The first-order valence-electron chi connectivity index (χ1n) is 9.81. The van der Waals surface area contributed by atoms with Crippen LogP contribution in [0.4, 0.5) is 0 Å². The molecule has 0 amide bonds. The Hall–Kier alpha value is -1.97. The van der Waals surface area contributed by atoms with Gasteiger partial charge in [0.25, 0.3) is 0 Å². The normalized spacial score (nSPS) is 23.7. The van der Waals surface area contributed by atoms with Gasteiger partial charge in [0.15, 0.2) is 0 Å². The van der Waals surface area contributed by atoms with E-state index in [1.807, 2.05) is 0 Å². The van der Waals surface area contributed by atoms with Crippen molar-refractivity contribution in [1.82, 2.24) is 0 Å². The second-order valence-corrected chi connectivity index (χ2v) is 8.53. The number of fused-ring (bicyclic) bond motifs is 6. The molecule has 0 aliphatic carbocycles. The standard InChI is InChI=1S/C22H28O4/c1-6-7-14-11-17(23)25-20-16-10-12(2)13(3)24-19(16)15-8-9-22(4,5)26-21(15)18(14)20/h11-13H,6-10H2,1-5H3/t12?,13-/m0/s1. The summed E-state index contributed by atoms with van der Waals surface area (Å²) < 4.78 is 18.5. The second-order valence-electron chi connectivity index (χ2n) is 8.53. The second kappa shape index (κ2) is 6.04. The third-order valence-corrected chi connectivity index (χ3v) is 5.87. The molecule has 4 nitrogen and oxygen atoms in total. The lowest BCUT2D eigenvalue weighted by molar-refractivity contribution is 0.0812. The Labute approximate surface area is 154 Å². The van der Waals surface area contributed by atoms with Gasteiger partial charge in [0, 0.05) is 17.2 Å². The van der Waals surface area contributed by atoms with E-state index < -0.39 is 0 Å². The van der Waals surface area contributed by atoms with Crippen molar-refractivity contribution < 1.29 is 13.9 Å². The average Bonchev–Trinajstić information content (AvgIpc) is 2.55. The van der Waals surface area contributed by atoms with Crippen molar-refractivity contribution in [2.45, 2.75) is 78.4 Å². The highest BCUT2D eigenvalue weighted by atomic mass is 16.5. The van der Waals surface area contributed by atoms with Gasteiger partial charge in [0.1, 0.15) is 22.7 Å². The summed E-state index contributed by atoms with van der Waals surface area (Å²) in [6, 6.07) is 1.64. The molecule has 0 bridgehead atoms. The van der Waals surface area contributed by atoms with E-state index in [4.69, 9.17) is 13.9 Å². The minimum absolute atomic E-state index is 0.143. The lowest BCUT2D eigenvalue weighted by atomic mass is 9.84. The first kappa shape index (κ1) is 17.4. The third-order valence-electron chi connectivity index (χ3n) is 5.87. The number of rotatable bonds is 2. The summed E-state index contributed by atoms with van der Waals surface area (Å²) >= 11 is 0. The van der Waals surface area contributed by atoms with Gasteiger partial charge in [0.2, 0.25) is 0 Å². The quantitative estimate of drug-likeness (QED) is 0.725. The van der Waals surface area contributed by atoms with Crippen LogP contribution in [0.1, 0.15) is 64.2 Å². The predicted octanol–water partition coefficient (Wildman–Crippen LogP) is 4.81. The highest BCUT2D eigenvalue weighted by molar-refractivity contribution is 5.93. The molecule has 26 heavy (non-hydrogen) atoms. The van der Waals surface area contributed by atoms with Gasteiger partial charge in [-0.2, -0.15) is 0 Å². The number of benzene rings is 1. The van der Waals surface area contributed by atoms with Gasteiger partial charge < -0.3 is 13.9 Å². The number of hydrogen-bond donors (Lipinski definition) is 0. The van der Waals surface area contributed by atoms with E-state index in [0.717, 1.165) is 65.7 Å². The van der Waals surface area contributed by atoms with Crippen molar-refractivity contribution in [1.29, 1.82) is 0 Å². The summed E-state index contributed by atoms with van der Waals surface area (Å²) in [5.74, 6) is 2.14. The van der Waals surface area contributed by atoms with Gasteiger partial charge >= 0.3 is 5.63 Å². The minimum Gasteiger partial charge on any atom is -0.490 e. The highest BCUT2D eigenvalue weighted by Gasteiger charge is 2.37. The highest BCUT2D eigenvalue weighted by Crippen LogP contribution is 2.49. The molecule has 0 fully saturated rings. The van der Waals surface area contributed by atoms with E-state index in [2.05, 4.69) is 34.6 Å². The van der Waals surface area contributed by atoms with Crippen LogP contribution in [0, 0.1) is 5.92 Å². The Morgan fingerprint density at radius 2 is 1.96 bits per heavy atom. The van der Waals surface area contributed by atoms with Crippen molar-refractivity contribution in [2.24, 2.45) is 5.92 Å². The summed E-state index contributed by atoms with van der Waals surface area (Å²) in [6.07, 6.45) is 4.69. The molecule has 0 saturated carbocycles. The first-order chi connectivity index (χ1) is 12.3. The van der Waals surface area contributed by atoms with E-state index >= 15 is 0 Å².